The molecule has 0 N–H and O–H groups in total. The number of rotatable bonds is 5. The van der Waals surface area contributed by atoms with Gasteiger partial charge < -0.3 is 14.2 Å². The molecule has 1 saturated heterocycles. The minimum atomic E-state index is -3.06. The molecule has 11 heteroatoms. The number of hydrogen-bond acceptors (Lipinski definition) is 8. The Labute approximate surface area is 177 Å². The fraction of sp³-hybridized carbons (Fsp3) is 0.300. The molecule has 0 aromatic carbocycles. The van der Waals surface area contributed by atoms with Crippen LogP contribution in [0, 0.1) is 12.7 Å². The summed E-state index contributed by atoms with van der Waals surface area (Å²) in [6.07, 6.45) is 2.49. The van der Waals surface area contributed by atoms with Gasteiger partial charge in [0.1, 0.15) is 23.9 Å². The monoisotopic (exact) mass is 446 g/mol. The topological polar surface area (TPSA) is 115 Å². The Balaban J connectivity index is 1.42. The van der Waals surface area contributed by atoms with Crippen LogP contribution in [0.5, 0.6) is 5.88 Å². The number of aryl methyl sites for hydroxylation is 1. The Morgan fingerprint density at radius 2 is 1.94 bits per heavy atom. The summed E-state index contributed by atoms with van der Waals surface area (Å²) in [5, 5.41) is 3.97. The summed E-state index contributed by atoms with van der Waals surface area (Å²) < 4.78 is 47.1. The minimum absolute atomic E-state index is 0.0311. The van der Waals surface area contributed by atoms with Crippen LogP contribution in [0.4, 0.5) is 4.39 Å². The molecule has 0 aliphatic carbocycles. The average molecular weight is 446 g/mol. The van der Waals surface area contributed by atoms with Crippen molar-refractivity contribution in [2.24, 2.45) is 0 Å². The highest BCUT2D eigenvalue weighted by Gasteiger charge is 2.26. The van der Waals surface area contributed by atoms with Crippen LogP contribution in [-0.2, 0) is 16.4 Å². The van der Waals surface area contributed by atoms with E-state index < -0.39 is 15.7 Å². The molecule has 1 aliphatic rings. The van der Waals surface area contributed by atoms with Crippen molar-refractivity contribution in [3.05, 3.63) is 59.4 Å². The lowest BCUT2D eigenvalue weighted by Gasteiger charge is -2.26. The van der Waals surface area contributed by atoms with Gasteiger partial charge in [-0.3, -0.25) is 9.78 Å². The van der Waals surface area contributed by atoms with E-state index >= 15 is 0 Å². The zero-order valence-corrected chi connectivity index (χ0v) is 17.4. The van der Waals surface area contributed by atoms with Crippen LogP contribution in [0.2, 0.25) is 0 Å². The van der Waals surface area contributed by atoms with Crippen LogP contribution in [0.25, 0.3) is 11.4 Å². The number of amides is 1. The van der Waals surface area contributed by atoms with Crippen molar-refractivity contribution < 1.29 is 26.9 Å². The number of aromatic nitrogens is 3. The van der Waals surface area contributed by atoms with Gasteiger partial charge in [-0.05, 0) is 25.1 Å². The number of hydrogen-bond donors (Lipinski definition) is 0. The minimum Gasteiger partial charge on any atom is -0.473 e. The molecule has 0 saturated carbocycles. The summed E-state index contributed by atoms with van der Waals surface area (Å²) in [6.45, 7) is 2.17. The van der Waals surface area contributed by atoms with E-state index in [0.29, 0.717) is 28.3 Å². The van der Waals surface area contributed by atoms with Crippen LogP contribution >= 0.6 is 0 Å². The second-order valence-corrected chi connectivity index (χ2v) is 9.35. The first-order valence-electron chi connectivity index (χ1n) is 9.48. The third kappa shape index (κ3) is 4.71. The summed E-state index contributed by atoms with van der Waals surface area (Å²) in [5.74, 6) is 0.0394. The molecular formula is C20H19FN4O5S. The van der Waals surface area contributed by atoms with E-state index in [1.54, 1.807) is 19.1 Å². The van der Waals surface area contributed by atoms with Crippen molar-refractivity contribution in [3.8, 4) is 17.3 Å². The lowest BCUT2D eigenvalue weighted by Crippen LogP contribution is -2.43. The Hall–Kier alpha value is -3.34. The van der Waals surface area contributed by atoms with E-state index in [1.165, 1.54) is 23.2 Å². The third-order valence-corrected chi connectivity index (χ3v) is 6.54. The van der Waals surface area contributed by atoms with Crippen molar-refractivity contribution in [3.63, 3.8) is 0 Å². The maximum absolute atomic E-state index is 13.1. The Kier molecular flexibility index (Phi) is 5.68. The second kappa shape index (κ2) is 8.42. The number of nitrogens with zero attached hydrogens (tertiary/aromatic N) is 4. The molecule has 3 aromatic rings. The Morgan fingerprint density at radius 3 is 2.58 bits per heavy atom. The normalized spacial score (nSPS) is 15.6. The van der Waals surface area contributed by atoms with Crippen molar-refractivity contribution in [1.29, 1.82) is 0 Å². The third-order valence-electron chi connectivity index (χ3n) is 4.93. The van der Waals surface area contributed by atoms with Crippen molar-refractivity contribution >= 4 is 15.7 Å². The molecule has 9 nitrogen and oxygen atoms in total. The number of pyridine rings is 2. The SMILES string of the molecule is Cc1onc(-c2ccc(F)cn2)c1COc1ccc(C(=O)N2CCS(=O)(=O)CC2)cn1. The van der Waals surface area contributed by atoms with Gasteiger partial charge in [-0.1, -0.05) is 5.16 Å². The summed E-state index contributed by atoms with van der Waals surface area (Å²) >= 11 is 0. The molecule has 4 heterocycles. The zero-order chi connectivity index (χ0) is 22.0. The Morgan fingerprint density at radius 1 is 1.16 bits per heavy atom. The molecule has 3 aromatic heterocycles. The number of ether oxygens (including phenoxy) is 1. The van der Waals surface area contributed by atoms with Crippen LogP contribution in [0.1, 0.15) is 21.7 Å². The summed E-state index contributed by atoms with van der Waals surface area (Å²) in [6, 6.07) is 5.93. The van der Waals surface area contributed by atoms with Crippen molar-refractivity contribution in [1.82, 2.24) is 20.0 Å². The molecule has 0 atom stereocenters. The van der Waals surface area contributed by atoms with Gasteiger partial charge in [0, 0.05) is 25.4 Å². The van der Waals surface area contributed by atoms with Crippen LogP contribution in [0.15, 0.2) is 41.2 Å². The molecule has 1 aliphatic heterocycles. The van der Waals surface area contributed by atoms with Crippen LogP contribution < -0.4 is 4.74 Å². The van der Waals surface area contributed by atoms with Gasteiger partial charge in [0.15, 0.2) is 9.84 Å². The molecule has 0 spiro atoms. The van der Waals surface area contributed by atoms with E-state index in [-0.39, 0.29) is 43.0 Å². The van der Waals surface area contributed by atoms with E-state index in [0.717, 1.165) is 6.20 Å². The van der Waals surface area contributed by atoms with Gasteiger partial charge >= 0.3 is 0 Å². The highest BCUT2D eigenvalue weighted by molar-refractivity contribution is 7.91. The van der Waals surface area contributed by atoms with E-state index in [4.69, 9.17) is 9.26 Å². The number of carbonyl (C=O) groups excluding carboxylic acids is 1. The highest BCUT2D eigenvalue weighted by Crippen LogP contribution is 2.25. The van der Waals surface area contributed by atoms with Crippen LogP contribution in [0.3, 0.4) is 0 Å². The summed E-state index contributed by atoms with van der Waals surface area (Å²) in [5.41, 5.74) is 1.90. The number of halogens is 1. The van der Waals surface area contributed by atoms with Gasteiger partial charge in [-0.25, -0.2) is 17.8 Å². The first-order chi connectivity index (χ1) is 14.8. The maximum Gasteiger partial charge on any atom is 0.255 e. The number of carbonyl (C=O) groups is 1. The van der Waals surface area contributed by atoms with Crippen molar-refractivity contribution in [2.75, 3.05) is 24.6 Å². The molecule has 1 amide bonds. The predicted octanol–water partition coefficient (Wildman–Crippen LogP) is 2.03. The first kappa shape index (κ1) is 20.9. The molecule has 1 fully saturated rings. The summed E-state index contributed by atoms with van der Waals surface area (Å²) in [4.78, 5) is 22.2. The van der Waals surface area contributed by atoms with Gasteiger partial charge in [0.25, 0.3) is 5.91 Å². The van der Waals surface area contributed by atoms with Gasteiger partial charge in [0.2, 0.25) is 5.88 Å². The fourth-order valence-electron chi connectivity index (χ4n) is 3.11. The van der Waals surface area contributed by atoms with E-state index in [2.05, 4.69) is 15.1 Å². The zero-order valence-electron chi connectivity index (χ0n) is 16.6. The molecular weight excluding hydrogens is 427 g/mol. The molecule has 162 valence electrons. The average Bonchev–Trinajstić information content (AvgIpc) is 3.13. The molecule has 0 bridgehead atoms. The fourth-order valence-corrected chi connectivity index (χ4v) is 4.32. The maximum atomic E-state index is 13.1. The van der Waals surface area contributed by atoms with Crippen molar-refractivity contribution in [2.45, 2.75) is 13.5 Å². The first-order valence-corrected chi connectivity index (χ1v) is 11.3. The summed E-state index contributed by atoms with van der Waals surface area (Å²) in [7, 11) is -3.06. The van der Waals surface area contributed by atoms with Crippen LogP contribution in [-0.4, -0.2) is 58.9 Å². The predicted molar refractivity (Wildman–Crippen MR) is 108 cm³/mol. The standard InChI is InChI=1S/C20H19FN4O5S/c1-13-16(19(24-30-13)17-4-3-15(21)11-22-17)12-29-18-5-2-14(10-23-18)20(26)25-6-8-31(27,28)9-7-25/h2-5,10-11H,6-9,12H2,1H3. The van der Waals surface area contributed by atoms with E-state index in [1.807, 2.05) is 0 Å². The van der Waals surface area contributed by atoms with Gasteiger partial charge in [-0.2, -0.15) is 0 Å². The van der Waals surface area contributed by atoms with Gasteiger partial charge in [0.05, 0.1) is 34.5 Å². The molecule has 31 heavy (non-hydrogen) atoms. The Bertz CT molecular complexity index is 1180. The number of sulfone groups is 1. The smallest absolute Gasteiger partial charge is 0.255 e. The van der Waals surface area contributed by atoms with E-state index in [9.17, 15) is 17.6 Å². The lowest BCUT2D eigenvalue weighted by atomic mass is 10.1. The largest absolute Gasteiger partial charge is 0.473 e. The van der Waals surface area contributed by atoms with Gasteiger partial charge in [-0.15, -0.1) is 0 Å². The molecule has 4 rings (SSSR count). The molecule has 0 radical (unpaired) electrons. The quantitative estimate of drug-likeness (QED) is 0.585. The second-order valence-electron chi connectivity index (χ2n) is 7.05. The highest BCUT2D eigenvalue weighted by atomic mass is 32.2. The molecule has 0 unspecified atom stereocenters. The lowest BCUT2D eigenvalue weighted by molar-refractivity contribution is 0.0769.